The highest BCUT2D eigenvalue weighted by Crippen LogP contribution is 2.28. The molecule has 27 heavy (non-hydrogen) atoms. The quantitative estimate of drug-likeness (QED) is 0.632. The molecule has 1 fully saturated rings. The van der Waals surface area contributed by atoms with E-state index >= 15 is 0 Å². The summed E-state index contributed by atoms with van der Waals surface area (Å²) in [7, 11) is 0. The highest BCUT2D eigenvalue weighted by molar-refractivity contribution is 9.10. The molecular formula is C17H14BrFN4O4. The van der Waals surface area contributed by atoms with Gasteiger partial charge in [-0.1, -0.05) is 12.1 Å². The number of benzene rings is 1. The fraction of sp³-hybridized carbons (Fsp3) is 0.176. The van der Waals surface area contributed by atoms with Gasteiger partial charge in [0.1, 0.15) is 23.6 Å². The fourth-order valence-electron chi connectivity index (χ4n) is 2.70. The molecule has 0 spiro atoms. The molecule has 0 aliphatic carbocycles. The summed E-state index contributed by atoms with van der Waals surface area (Å²) in [5.74, 6) is -1.85. The van der Waals surface area contributed by atoms with E-state index in [0.29, 0.717) is 10.0 Å². The van der Waals surface area contributed by atoms with Crippen molar-refractivity contribution >= 4 is 39.5 Å². The van der Waals surface area contributed by atoms with Gasteiger partial charge in [-0.05, 0) is 46.6 Å². The number of nitrogens with one attached hydrogen (secondary N) is 3. The van der Waals surface area contributed by atoms with Crippen molar-refractivity contribution in [3.63, 3.8) is 0 Å². The Bertz CT molecular complexity index is 991. The zero-order valence-corrected chi connectivity index (χ0v) is 15.6. The number of aromatic amines is 1. The fourth-order valence-corrected chi connectivity index (χ4v) is 3.05. The molecule has 8 nitrogen and oxygen atoms in total. The molecule has 140 valence electrons. The number of hydrogen-bond donors (Lipinski definition) is 3. The van der Waals surface area contributed by atoms with Crippen LogP contribution in [0.1, 0.15) is 12.5 Å². The number of halogens is 2. The van der Waals surface area contributed by atoms with Gasteiger partial charge >= 0.3 is 6.03 Å². The van der Waals surface area contributed by atoms with Gasteiger partial charge in [0.05, 0.1) is 0 Å². The van der Waals surface area contributed by atoms with Crippen LogP contribution in [0.5, 0.6) is 0 Å². The first kappa shape index (κ1) is 18.8. The van der Waals surface area contributed by atoms with E-state index in [9.17, 15) is 23.6 Å². The van der Waals surface area contributed by atoms with Crippen molar-refractivity contribution in [3.05, 3.63) is 62.7 Å². The second-order valence-corrected chi connectivity index (χ2v) is 6.98. The van der Waals surface area contributed by atoms with Crippen molar-refractivity contribution in [1.29, 1.82) is 0 Å². The molecule has 10 heteroatoms. The van der Waals surface area contributed by atoms with E-state index in [0.717, 1.165) is 4.90 Å². The molecule has 0 bridgehead atoms. The number of imide groups is 1. The molecule has 3 rings (SSSR count). The molecule has 3 N–H and O–H groups in total. The third-order valence-electron chi connectivity index (χ3n) is 4.14. The molecule has 2 aromatic rings. The second-order valence-electron chi connectivity index (χ2n) is 6.06. The predicted octanol–water partition coefficient (Wildman–Crippen LogP) is 1.68. The predicted molar refractivity (Wildman–Crippen MR) is 97.4 cm³/mol. The molecule has 4 amide bonds. The van der Waals surface area contributed by atoms with Crippen molar-refractivity contribution in [2.45, 2.75) is 12.5 Å². The molecule has 1 saturated heterocycles. The Labute approximate surface area is 160 Å². The van der Waals surface area contributed by atoms with Gasteiger partial charge in [-0.2, -0.15) is 0 Å². The maximum Gasteiger partial charge on any atom is 0.325 e. The normalized spacial score (nSPS) is 19.1. The van der Waals surface area contributed by atoms with Gasteiger partial charge in [-0.15, -0.1) is 0 Å². The van der Waals surface area contributed by atoms with Crippen LogP contribution in [0.4, 0.5) is 14.9 Å². The topological polar surface area (TPSA) is 111 Å². The number of urea groups is 1. The molecule has 1 atom stereocenters. The van der Waals surface area contributed by atoms with Crippen molar-refractivity contribution < 1.29 is 18.8 Å². The summed E-state index contributed by atoms with van der Waals surface area (Å²) >= 11 is 3.16. The Morgan fingerprint density at radius 2 is 1.93 bits per heavy atom. The van der Waals surface area contributed by atoms with E-state index in [1.54, 1.807) is 0 Å². The lowest BCUT2D eigenvalue weighted by Crippen LogP contribution is -2.42. The molecule has 0 radical (unpaired) electrons. The van der Waals surface area contributed by atoms with Crippen LogP contribution in [0.3, 0.4) is 0 Å². The average molecular weight is 437 g/mol. The first-order valence-electron chi connectivity index (χ1n) is 7.79. The molecule has 2 heterocycles. The molecule has 1 unspecified atom stereocenters. The second kappa shape index (κ2) is 6.95. The van der Waals surface area contributed by atoms with Crippen LogP contribution in [0, 0.1) is 5.82 Å². The van der Waals surface area contributed by atoms with E-state index in [-0.39, 0.29) is 5.69 Å². The SMILES string of the molecule is CC1(c2ccc(F)cc2)NC(=O)N(CC(=O)Nc2cc(Br)c[nH]c2=O)C1=O. The zero-order valence-electron chi connectivity index (χ0n) is 14.0. The first-order chi connectivity index (χ1) is 12.7. The number of carbonyl (C=O) groups excluding carboxylic acids is 3. The van der Waals surface area contributed by atoms with Crippen LogP contribution < -0.4 is 16.2 Å². The van der Waals surface area contributed by atoms with Gasteiger partial charge in [-0.3, -0.25) is 19.3 Å². The van der Waals surface area contributed by atoms with E-state index < -0.39 is 41.3 Å². The van der Waals surface area contributed by atoms with Crippen molar-refractivity contribution in [3.8, 4) is 0 Å². The lowest BCUT2D eigenvalue weighted by atomic mass is 9.92. The number of nitrogens with zero attached hydrogens (tertiary/aromatic N) is 1. The summed E-state index contributed by atoms with van der Waals surface area (Å²) in [5, 5.41) is 4.87. The van der Waals surface area contributed by atoms with Gasteiger partial charge in [0, 0.05) is 10.7 Å². The maximum absolute atomic E-state index is 13.1. The minimum atomic E-state index is -1.42. The average Bonchev–Trinajstić information content (AvgIpc) is 2.83. The van der Waals surface area contributed by atoms with Gasteiger partial charge in [0.15, 0.2) is 0 Å². The third kappa shape index (κ3) is 3.61. The number of carbonyl (C=O) groups is 3. The highest BCUT2D eigenvalue weighted by Gasteiger charge is 2.49. The highest BCUT2D eigenvalue weighted by atomic mass is 79.9. The summed E-state index contributed by atoms with van der Waals surface area (Å²) < 4.78 is 13.7. The Kier molecular flexibility index (Phi) is 4.83. The summed E-state index contributed by atoms with van der Waals surface area (Å²) in [6.45, 7) is 0.894. The Hall–Kier alpha value is -3.01. The number of pyridine rings is 1. The van der Waals surface area contributed by atoms with Crippen molar-refractivity contribution in [2.75, 3.05) is 11.9 Å². The van der Waals surface area contributed by atoms with Crippen LogP contribution in [0.2, 0.25) is 0 Å². The van der Waals surface area contributed by atoms with Gasteiger partial charge in [0.2, 0.25) is 5.91 Å². The molecule has 1 aliphatic heterocycles. The summed E-state index contributed by atoms with van der Waals surface area (Å²) in [6.07, 6.45) is 1.41. The van der Waals surface area contributed by atoms with Crippen LogP contribution in [0.25, 0.3) is 0 Å². The van der Waals surface area contributed by atoms with Gasteiger partial charge in [0.25, 0.3) is 11.5 Å². The summed E-state index contributed by atoms with van der Waals surface area (Å²) in [4.78, 5) is 52.0. The van der Waals surface area contributed by atoms with Crippen LogP contribution in [0.15, 0.2) is 45.8 Å². The van der Waals surface area contributed by atoms with Crippen molar-refractivity contribution in [2.24, 2.45) is 0 Å². The smallest absolute Gasteiger partial charge is 0.325 e. The monoisotopic (exact) mass is 436 g/mol. The lowest BCUT2D eigenvalue weighted by molar-refractivity contribution is -0.133. The number of rotatable bonds is 4. The van der Waals surface area contributed by atoms with Crippen LogP contribution >= 0.6 is 15.9 Å². The number of H-pyrrole nitrogens is 1. The van der Waals surface area contributed by atoms with Gasteiger partial charge < -0.3 is 15.6 Å². The number of hydrogen-bond acceptors (Lipinski definition) is 4. The Balaban J connectivity index is 1.77. The molecule has 1 aliphatic rings. The van der Waals surface area contributed by atoms with E-state index in [2.05, 4.69) is 31.5 Å². The molecule has 1 aromatic heterocycles. The van der Waals surface area contributed by atoms with E-state index in [1.807, 2.05) is 0 Å². The first-order valence-corrected chi connectivity index (χ1v) is 8.58. The van der Waals surface area contributed by atoms with Gasteiger partial charge in [-0.25, -0.2) is 9.18 Å². The lowest BCUT2D eigenvalue weighted by Gasteiger charge is -2.22. The van der Waals surface area contributed by atoms with Crippen molar-refractivity contribution in [1.82, 2.24) is 15.2 Å². The zero-order chi connectivity index (χ0) is 19.8. The number of amides is 4. The van der Waals surface area contributed by atoms with E-state index in [1.165, 1.54) is 43.5 Å². The van der Waals surface area contributed by atoms with E-state index in [4.69, 9.17) is 0 Å². The summed E-state index contributed by atoms with van der Waals surface area (Å²) in [6, 6.07) is 5.76. The maximum atomic E-state index is 13.1. The molecule has 1 aromatic carbocycles. The third-order valence-corrected chi connectivity index (χ3v) is 4.60. The minimum absolute atomic E-state index is 0.0253. The molecular weight excluding hydrogens is 423 g/mol. The number of aromatic nitrogens is 1. The molecule has 0 saturated carbocycles. The van der Waals surface area contributed by atoms with Crippen LogP contribution in [-0.4, -0.2) is 34.3 Å². The van der Waals surface area contributed by atoms with Crippen LogP contribution in [-0.2, 0) is 15.1 Å². The number of anilines is 1. The largest absolute Gasteiger partial charge is 0.326 e. The standard InChI is InChI=1S/C17H14BrFN4O4/c1-17(9-2-4-11(19)5-3-9)15(26)23(16(27)22-17)8-13(24)21-12-6-10(18)7-20-14(12)25/h2-7H,8H2,1H3,(H,20,25)(H,21,24)(H,22,27). The Morgan fingerprint density at radius 1 is 1.26 bits per heavy atom. The minimum Gasteiger partial charge on any atom is -0.326 e. The summed E-state index contributed by atoms with van der Waals surface area (Å²) in [5.41, 5.74) is -1.59. The Morgan fingerprint density at radius 3 is 2.59 bits per heavy atom.